The second-order valence-electron chi connectivity index (χ2n) is 5.14. The van der Waals surface area contributed by atoms with Gasteiger partial charge in [0, 0.05) is 31.7 Å². The number of methoxy groups -OCH3 is 1. The standard InChI is InChI=1S/C9H14.C7H7NO.C4H10O/c1-5-9(4)7-6-8(2)3;1-6(9)7-2-4-8-5-3-7;1-3-4-5-2/h5-7H,1H2,2-4H3;2-5H,1H3;3-4H2,1-2H3/b9-7-;;. The van der Waals surface area contributed by atoms with Crippen LogP contribution in [0.5, 0.6) is 0 Å². The van der Waals surface area contributed by atoms with Crippen LogP contribution in [0.4, 0.5) is 0 Å². The van der Waals surface area contributed by atoms with E-state index in [1.54, 1.807) is 31.6 Å². The Labute approximate surface area is 141 Å². The van der Waals surface area contributed by atoms with Gasteiger partial charge in [-0.2, -0.15) is 0 Å². The smallest absolute Gasteiger partial charge is 0.159 e. The minimum Gasteiger partial charge on any atom is -0.385 e. The zero-order chi connectivity index (χ0) is 18.1. The molecule has 0 saturated heterocycles. The highest BCUT2D eigenvalue weighted by atomic mass is 16.5. The number of hydrogen-bond donors (Lipinski definition) is 0. The second-order valence-corrected chi connectivity index (χ2v) is 5.14. The summed E-state index contributed by atoms with van der Waals surface area (Å²) >= 11 is 0. The van der Waals surface area contributed by atoms with E-state index < -0.39 is 0 Å². The largest absolute Gasteiger partial charge is 0.385 e. The van der Waals surface area contributed by atoms with E-state index in [2.05, 4.69) is 44.5 Å². The van der Waals surface area contributed by atoms with Gasteiger partial charge in [-0.15, -0.1) is 0 Å². The summed E-state index contributed by atoms with van der Waals surface area (Å²) in [5, 5.41) is 0. The number of aromatic nitrogens is 1. The summed E-state index contributed by atoms with van der Waals surface area (Å²) in [6.07, 6.45) is 10.3. The van der Waals surface area contributed by atoms with Gasteiger partial charge in [-0.05, 0) is 46.2 Å². The van der Waals surface area contributed by atoms with Crippen LogP contribution in [0.15, 0.2) is 60.5 Å². The Hall–Kier alpha value is -2.00. The van der Waals surface area contributed by atoms with Crippen LogP contribution in [-0.4, -0.2) is 24.5 Å². The van der Waals surface area contributed by atoms with Crippen LogP contribution >= 0.6 is 0 Å². The highest BCUT2D eigenvalue weighted by molar-refractivity contribution is 5.93. The second kappa shape index (κ2) is 16.4. The molecule has 3 heteroatoms. The lowest BCUT2D eigenvalue weighted by Crippen LogP contribution is -1.89. The molecule has 3 nitrogen and oxygen atoms in total. The van der Waals surface area contributed by atoms with E-state index in [4.69, 9.17) is 4.74 Å². The fourth-order valence-corrected chi connectivity index (χ4v) is 1.16. The summed E-state index contributed by atoms with van der Waals surface area (Å²) in [4.78, 5) is 14.4. The van der Waals surface area contributed by atoms with Crippen molar-refractivity contribution in [2.75, 3.05) is 13.7 Å². The van der Waals surface area contributed by atoms with Crippen molar-refractivity contribution in [1.29, 1.82) is 0 Å². The molecule has 1 aromatic rings. The van der Waals surface area contributed by atoms with E-state index in [-0.39, 0.29) is 5.78 Å². The van der Waals surface area contributed by atoms with Crippen LogP contribution in [-0.2, 0) is 4.74 Å². The van der Waals surface area contributed by atoms with Gasteiger partial charge in [0.2, 0.25) is 0 Å². The number of carbonyl (C=O) groups is 1. The van der Waals surface area contributed by atoms with Crippen molar-refractivity contribution < 1.29 is 9.53 Å². The maximum absolute atomic E-state index is 10.6. The molecule has 0 saturated carbocycles. The van der Waals surface area contributed by atoms with E-state index in [1.165, 1.54) is 18.1 Å². The number of rotatable bonds is 5. The van der Waals surface area contributed by atoms with Gasteiger partial charge in [-0.25, -0.2) is 0 Å². The summed E-state index contributed by atoms with van der Waals surface area (Å²) < 4.78 is 4.69. The van der Waals surface area contributed by atoms with Crippen molar-refractivity contribution in [3.05, 3.63) is 66.0 Å². The van der Waals surface area contributed by atoms with Crippen LogP contribution in [0.1, 0.15) is 51.4 Å². The summed E-state index contributed by atoms with van der Waals surface area (Å²) in [7, 11) is 1.71. The van der Waals surface area contributed by atoms with Crippen LogP contribution in [0.3, 0.4) is 0 Å². The minimum atomic E-state index is 0.0809. The number of ketones is 1. The third kappa shape index (κ3) is 18.0. The predicted octanol–water partition coefficient (Wildman–Crippen LogP) is 5.41. The number of ether oxygens (including phenoxy) is 1. The average Bonchev–Trinajstić information content (AvgIpc) is 2.55. The van der Waals surface area contributed by atoms with Gasteiger partial charge in [-0.3, -0.25) is 9.78 Å². The first-order valence-corrected chi connectivity index (χ1v) is 7.73. The quantitative estimate of drug-likeness (QED) is 0.538. The molecule has 0 bridgehead atoms. The summed E-state index contributed by atoms with van der Waals surface area (Å²) in [6.45, 7) is 14.3. The Balaban J connectivity index is 0. The Morgan fingerprint density at radius 2 is 1.74 bits per heavy atom. The minimum absolute atomic E-state index is 0.0809. The lowest BCUT2D eigenvalue weighted by Gasteiger charge is -1.88. The molecule has 0 fully saturated rings. The van der Waals surface area contributed by atoms with E-state index in [1.807, 2.05) is 13.0 Å². The van der Waals surface area contributed by atoms with Gasteiger partial charge < -0.3 is 4.74 Å². The monoisotopic (exact) mass is 317 g/mol. The third-order valence-electron chi connectivity index (χ3n) is 2.50. The van der Waals surface area contributed by atoms with E-state index in [0.717, 1.165) is 13.0 Å². The maximum Gasteiger partial charge on any atom is 0.159 e. The van der Waals surface area contributed by atoms with Gasteiger partial charge in [0.15, 0.2) is 5.78 Å². The summed E-state index contributed by atoms with van der Waals surface area (Å²) in [5.41, 5.74) is 3.23. The van der Waals surface area contributed by atoms with Crippen molar-refractivity contribution in [3.63, 3.8) is 0 Å². The molecule has 0 aromatic carbocycles. The average molecular weight is 317 g/mol. The number of allylic oxidation sites excluding steroid dienone is 5. The number of nitrogens with zero attached hydrogens (tertiary/aromatic N) is 1. The molecule has 0 aliphatic rings. The number of carbonyl (C=O) groups excluding carboxylic acids is 1. The topological polar surface area (TPSA) is 39.2 Å². The van der Waals surface area contributed by atoms with Gasteiger partial charge >= 0.3 is 0 Å². The van der Waals surface area contributed by atoms with Crippen molar-refractivity contribution >= 4 is 5.78 Å². The van der Waals surface area contributed by atoms with E-state index in [0.29, 0.717) is 5.56 Å². The molecule has 0 aliphatic heterocycles. The predicted molar refractivity (Wildman–Crippen MR) is 99.8 cm³/mol. The third-order valence-corrected chi connectivity index (χ3v) is 2.50. The Morgan fingerprint density at radius 1 is 1.17 bits per heavy atom. The Bertz CT molecular complexity index is 482. The molecule has 1 aromatic heterocycles. The SMILES string of the molecule is C=C/C(C)=C\C=C(C)C.CC(=O)c1ccncc1.CCCOC. The molecule has 0 unspecified atom stereocenters. The molecule has 23 heavy (non-hydrogen) atoms. The zero-order valence-corrected chi connectivity index (χ0v) is 15.4. The number of hydrogen-bond acceptors (Lipinski definition) is 3. The van der Waals surface area contributed by atoms with Crippen molar-refractivity contribution in [2.24, 2.45) is 0 Å². The zero-order valence-electron chi connectivity index (χ0n) is 15.4. The first-order chi connectivity index (χ1) is 10.9. The first kappa shape index (κ1) is 23.3. The van der Waals surface area contributed by atoms with Gasteiger partial charge in [-0.1, -0.05) is 42.9 Å². The molecular weight excluding hydrogens is 286 g/mol. The summed E-state index contributed by atoms with van der Waals surface area (Å²) in [6, 6.07) is 3.39. The van der Waals surface area contributed by atoms with Crippen molar-refractivity contribution in [3.8, 4) is 0 Å². The van der Waals surface area contributed by atoms with Gasteiger partial charge in [0.1, 0.15) is 0 Å². The molecule has 1 rings (SSSR count). The summed E-state index contributed by atoms with van der Waals surface area (Å²) in [5.74, 6) is 0.0809. The molecule has 0 N–H and O–H groups in total. The van der Waals surface area contributed by atoms with Gasteiger partial charge in [0.25, 0.3) is 0 Å². The molecule has 1 heterocycles. The molecule has 0 atom stereocenters. The fourth-order valence-electron chi connectivity index (χ4n) is 1.16. The molecule has 0 aliphatic carbocycles. The lowest BCUT2D eigenvalue weighted by molar-refractivity contribution is 0.101. The first-order valence-electron chi connectivity index (χ1n) is 7.73. The van der Waals surface area contributed by atoms with Crippen molar-refractivity contribution in [1.82, 2.24) is 4.98 Å². The molecule has 0 spiro atoms. The molecular formula is C20H31NO2. The normalized spacial score (nSPS) is 9.57. The van der Waals surface area contributed by atoms with Crippen molar-refractivity contribution in [2.45, 2.75) is 41.0 Å². The van der Waals surface area contributed by atoms with Crippen LogP contribution < -0.4 is 0 Å². The molecule has 128 valence electrons. The Morgan fingerprint density at radius 3 is 2.00 bits per heavy atom. The maximum atomic E-state index is 10.6. The van der Waals surface area contributed by atoms with Crippen LogP contribution in [0.25, 0.3) is 0 Å². The highest BCUT2D eigenvalue weighted by Gasteiger charge is 1.93. The molecule has 0 radical (unpaired) electrons. The van der Waals surface area contributed by atoms with E-state index in [9.17, 15) is 4.79 Å². The van der Waals surface area contributed by atoms with Crippen LogP contribution in [0.2, 0.25) is 0 Å². The fraction of sp³-hybridized carbons (Fsp3) is 0.400. The highest BCUT2D eigenvalue weighted by Crippen LogP contribution is 1.96. The number of Topliss-reactive ketones (excluding diaryl/α,β-unsaturated/α-hetero) is 1. The van der Waals surface area contributed by atoms with E-state index >= 15 is 0 Å². The van der Waals surface area contributed by atoms with Gasteiger partial charge in [0.05, 0.1) is 0 Å². The van der Waals surface area contributed by atoms with Crippen LogP contribution in [0, 0.1) is 0 Å². The number of pyridine rings is 1. The Kier molecular flexibility index (Phi) is 16.6. The molecule has 0 amide bonds. The lowest BCUT2D eigenvalue weighted by atomic mass is 10.2.